The molecule has 0 atom stereocenters. The van der Waals surface area contributed by atoms with Gasteiger partial charge in [-0.3, -0.25) is 4.79 Å². The Hall–Kier alpha value is -1.04. The zero-order valence-corrected chi connectivity index (χ0v) is 11.0. The van der Waals surface area contributed by atoms with Crippen LogP contribution in [0, 0.1) is 28.1 Å². The quantitative estimate of drug-likeness (QED) is 0.686. The normalized spacial score (nSPS) is 21.2. The lowest BCUT2D eigenvalue weighted by Crippen LogP contribution is -2.34. The molecule has 0 N–H and O–H groups in total. The molecule has 0 unspecified atom stereocenters. The van der Waals surface area contributed by atoms with Crippen LogP contribution in [0.15, 0.2) is 0 Å². The van der Waals surface area contributed by atoms with Gasteiger partial charge in [0.25, 0.3) is 0 Å². The van der Waals surface area contributed by atoms with E-state index in [9.17, 15) is 4.79 Å². The van der Waals surface area contributed by atoms with Gasteiger partial charge in [0, 0.05) is 12.5 Å². The number of carbonyl (C=O) groups excluding carboxylic acids is 1. The second-order valence-corrected chi connectivity index (χ2v) is 5.79. The van der Waals surface area contributed by atoms with Crippen LogP contribution >= 0.6 is 0 Å². The summed E-state index contributed by atoms with van der Waals surface area (Å²) in [6.45, 7) is 11.5. The van der Waals surface area contributed by atoms with E-state index >= 15 is 0 Å². The van der Waals surface area contributed by atoms with Crippen molar-refractivity contribution in [1.82, 2.24) is 4.90 Å². The van der Waals surface area contributed by atoms with E-state index in [4.69, 9.17) is 5.26 Å². The Bertz CT molecular complexity index is 311. The monoisotopic (exact) mass is 222 g/mol. The maximum Gasteiger partial charge on any atom is 0.227 e. The Morgan fingerprint density at radius 2 is 1.81 bits per heavy atom. The second kappa shape index (κ2) is 4.08. The molecule has 0 radical (unpaired) electrons. The van der Waals surface area contributed by atoms with Gasteiger partial charge in [-0.15, -0.1) is 0 Å². The third-order valence-corrected chi connectivity index (χ3v) is 4.33. The van der Waals surface area contributed by atoms with Crippen molar-refractivity contribution < 1.29 is 4.79 Å². The fourth-order valence-corrected chi connectivity index (χ4v) is 2.62. The fourth-order valence-electron chi connectivity index (χ4n) is 2.62. The first kappa shape index (κ1) is 13.0. The van der Waals surface area contributed by atoms with Gasteiger partial charge in [0.05, 0.1) is 6.07 Å². The highest BCUT2D eigenvalue weighted by Gasteiger charge is 2.68. The summed E-state index contributed by atoms with van der Waals surface area (Å²) >= 11 is 0. The summed E-state index contributed by atoms with van der Waals surface area (Å²) in [5.74, 6) is 0.221. The van der Waals surface area contributed by atoms with Crippen LogP contribution in [0.2, 0.25) is 0 Å². The molecule has 0 heterocycles. The molecule has 1 aliphatic carbocycles. The lowest BCUT2D eigenvalue weighted by Gasteiger charge is -2.19. The van der Waals surface area contributed by atoms with Crippen LogP contribution in [-0.4, -0.2) is 23.9 Å². The van der Waals surface area contributed by atoms with Crippen LogP contribution in [0.1, 0.15) is 41.0 Å². The highest BCUT2D eigenvalue weighted by Crippen LogP contribution is 2.68. The molecule has 0 aromatic rings. The Labute approximate surface area is 98.4 Å². The average Bonchev–Trinajstić information content (AvgIpc) is 2.56. The number of hydrogen-bond acceptors (Lipinski definition) is 2. The molecule has 1 amide bonds. The topological polar surface area (TPSA) is 44.1 Å². The minimum absolute atomic E-state index is 0.0610. The van der Waals surface area contributed by atoms with E-state index in [1.807, 2.05) is 6.92 Å². The van der Waals surface area contributed by atoms with Gasteiger partial charge in [-0.2, -0.15) is 5.26 Å². The fraction of sp³-hybridized carbons (Fsp3) is 0.846. The van der Waals surface area contributed by atoms with Crippen molar-refractivity contribution in [3.05, 3.63) is 0 Å². The first-order valence-corrected chi connectivity index (χ1v) is 5.96. The van der Waals surface area contributed by atoms with Gasteiger partial charge in [-0.25, -0.2) is 0 Å². The molecule has 1 fully saturated rings. The van der Waals surface area contributed by atoms with Gasteiger partial charge in [-0.1, -0.05) is 34.6 Å². The maximum atomic E-state index is 12.3. The zero-order valence-electron chi connectivity index (χ0n) is 11.0. The van der Waals surface area contributed by atoms with Crippen LogP contribution < -0.4 is 0 Å². The molecule has 3 nitrogen and oxygen atoms in total. The number of nitrogens with zero attached hydrogens (tertiary/aromatic N) is 2. The van der Waals surface area contributed by atoms with Crippen molar-refractivity contribution in [1.29, 1.82) is 5.26 Å². The lowest BCUT2D eigenvalue weighted by atomic mass is 10.0. The van der Waals surface area contributed by atoms with E-state index in [-0.39, 0.29) is 29.2 Å². The summed E-state index contributed by atoms with van der Waals surface area (Å²) in [5.41, 5.74) is 0.122. The number of amides is 1. The molecular formula is C13H22N2O. The molecule has 1 aliphatic rings. The number of nitriles is 1. The number of rotatable bonds is 4. The van der Waals surface area contributed by atoms with Crippen LogP contribution in [0.25, 0.3) is 0 Å². The minimum atomic E-state index is 0.0610. The summed E-state index contributed by atoms with van der Waals surface area (Å²) in [6, 6.07) is 2.08. The average molecular weight is 222 g/mol. The van der Waals surface area contributed by atoms with E-state index in [2.05, 4.69) is 33.8 Å². The summed E-state index contributed by atoms with van der Waals surface area (Å²) in [7, 11) is 0. The molecule has 90 valence electrons. The molecular weight excluding hydrogens is 200 g/mol. The van der Waals surface area contributed by atoms with E-state index in [1.165, 1.54) is 0 Å². The zero-order chi connectivity index (χ0) is 12.6. The van der Waals surface area contributed by atoms with Crippen molar-refractivity contribution >= 4 is 5.91 Å². The van der Waals surface area contributed by atoms with Gasteiger partial charge >= 0.3 is 0 Å². The second-order valence-electron chi connectivity index (χ2n) is 5.79. The van der Waals surface area contributed by atoms with Crippen molar-refractivity contribution in [2.75, 3.05) is 13.1 Å². The molecule has 0 saturated heterocycles. The summed E-state index contributed by atoms with van der Waals surface area (Å²) in [5, 5.41) is 8.73. The Morgan fingerprint density at radius 1 is 1.31 bits per heavy atom. The Balaban J connectivity index is 2.75. The van der Waals surface area contributed by atoms with Crippen molar-refractivity contribution in [3.8, 4) is 6.07 Å². The third kappa shape index (κ3) is 1.81. The predicted molar refractivity (Wildman–Crippen MR) is 63.5 cm³/mol. The van der Waals surface area contributed by atoms with E-state index in [0.717, 1.165) is 6.42 Å². The van der Waals surface area contributed by atoms with Gasteiger partial charge in [0.1, 0.15) is 6.54 Å². The Kier molecular flexibility index (Phi) is 3.33. The van der Waals surface area contributed by atoms with Crippen molar-refractivity contribution in [2.45, 2.75) is 41.0 Å². The van der Waals surface area contributed by atoms with Crippen molar-refractivity contribution in [2.24, 2.45) is 16.7 Å². The molecule has 1 rings (SSSR count). The highest BCUT2D eigenvalue weighted by molar-refractivity contribution is 5.84. The van der Waals surface area contributed by atoms with E-state index in [0.29, 0.717) is 6.54 Å². The largest absolute Gasteiger partial charge is 0.329 e. The minimum Gasteiger partial charge on any atom is -0.329 e. The lowest BCUT2D eigenvalue weighted by molar-refractivity contribution is -0.133. The molecule has 0 aromatic heterocycles. The van der Waals surface area contributed by atoms with Crippen LogP contribution in [0.5, 0.6) is 0 Å². The van der Waals surface area contributed by atoms with E-state index in [1.54, 1.807) is 4.90 Å². The van der Waals surface area contributed by atoms with Crippen molar-refractivity contribution in [3.63, 3.8) is 0 Å². The standard InChI is InChI=1S/C13H22N2O/c1-6-8-15(9-7-14)11(16)10-12(2,3)13(10,4)5/h10H,6,8-9H2,1-5H3. The van der Waals surface area contributed by atoms with Gasteiger partial charge in [-0.05, 0) is 17.3 Å². The highest BCUT2D eigenvalue weighted by atomic mass is 16.2. The summed E-state index contributed by atoms with van der Waals surface area (Å²) < 4.78 is 0. The van der Waals surface area contributed by atoms with E-state index < -0.39 is 0 Å². The predicted octanol–water partition coefficient (Wildman–Crippen LogP) is 2.43. The maximum absolute atomic E-state index is 12.3. The molecule has 0 bridgehead atoms. The first-order valence-electron chi connectivity index (χ1n) is 5.96. The number of hydrogen-bond donors (Lipinski definition) is 0. The van der Waals surface area contributed by atoms with Gasteiger partial charge < -0.3 is 4.90 Å². The molecule has 1 saturated carbocycles. The Morgan fingerprint density at radius 3 is 2.12 bits per heavy atom. The molecule has 3 heteroatoms. The van der Waals surface area contributed by atoms with Gasteiger partial charge in [0.15, 0.2) is 0 Å². The third-order valence-electron chi connectivity index (χ3n) is 4.33. The van der Waals surface area contributed by atoms with Crippen LogP contribution in [0.3, 0.4) is 0 Å². The molecule has 0 aliphatic heterocycles. The van der Waals surface area contributed by atoms with Crippen LogP contribution in [0.4, 0.5) is 0 Å². The smallest absolute Gasteiger partial charge is 0.227 e. The SMILES string of the molecule is CCCN(CC#N)C(=O)C1C(C)(C)C1(C)C. The summed E-state index contributed by atoms with van der Waals surface area (Å²) in [6.07, 6.45) is 0.904. The van der Waals surface area contributed by atoms with Crippen LogP contribution in [-0.2, 0) is 4.79 Å². The number of carbonyl (C=O) groups is 1. The molecule has 0 spiro atoms. The molecule has 0 aromatic carbocycles. The molecule has 16 heavy (non-hydrogen) atoms. The summed E-state index contributed by atoms with van der Waals surface area (Å²) in [4.78, 5) is 14.0. The first-order chi connectivity index (χ1) is 7.30. The van der Waals surface area contributed by atoms with Gasteiger partial charge in [0.2, 0.25) is 5.91 Å².